The van der Waals surface area contributed by atoms with Gasteiger partial charge in [0.2, 0.25) is 0 Å². The van der Waals surface area contributed by atoms with Crippen molar-refractivity contribution >= 4 is 12.1 Å². The van der Waals surface area contributed by atoms with Gasteiger partial charge in [-0.25, -0.2) is 4.79 Å². The number of carbonyl (C=O) groups is 2. The van der Waals surface area contributed by atoms with Crippen LogP contribution in [0.1, 0.15) is 11.5 Å². The maximum absolute atomic E-state index is 11.0. The third-order valence-corrected chi connectivity index (χ3v) is 2.14. The molecule has 86 valence electrons. The first kappa shape index (κ1) is 12.0. The standard InChI is InChI=1S/C11H13NO4/c1-16-11(15)12-7-9(10(13)14)8-5-3-2-4-6-8/h2-6,9H,7H2,1H3,(H,12,15)(H,13,14)/t9-/m1/s1. The number of amides is 1. The number of hydrogen-bond acceptors (Lipinski definition) is 3. The minimum absolute atomic E-state index is 0.00597. The van der Waals surface area contributed by atoms with Crippen molar-refractivity contribution in [3.63, 3.8) is 0 Å². The van der Waals surface area contributed by atoms with E-state index in [9.17, 15) is 9.59 Å². The third kappa shape index (κ3) is 3.27. The van der Waals surface area contributed by atoms with Gasteiger partial charge in [0.05, 0.1) is 13.0 Å². The summed E-state index contributed by atoms with van der Waals surface area (Å²) in [5.74, 6) is -1.75. The summed E-state index contributed by atoms with van der Waals surface area (Å²) in [7, 11) is 1.23. The highest BCUT2D eigenvalue weighted by Crippen LogP contribution is 2.14. The van der Waals surface area contributed by atoms with E-state index in [1.54, 1.807) is 30.3 Å². The second kappa shape index (κ2) is 5.75. The Bertz CT molecular complexity index is 364. The van der Waals surface area contributed by atoms with Crippen molar-refractivity contribution in [3.05, 3.63) is 35.9 Å². The number of hydrogen-bond donors (Lipinski definition) is 2. The lowest BCUT2D eigenvalue weighted by molar-refractivity contribution is -0.138. The number of carboxylic acid groups (broad SMARTS) is 1. The van der Waals surface area contributed by atoms with Crippen LogP contribution in [0.5, 0.6) is 0 Å². The molecule has 0 saturated carbocycles. The van der Waals surface area contributed by atoms with Gasteiger partial charge in [-0.15, -0.1) is 0 Å². The van der Waals surface area contributed by atoms with Crippen molar-refractivity contribution in [2.24, 2.45) is 0 Å². The van der Waals surface area contributed by atoms with Gasteiger partial charge in [-0.1, -0.05) is 30.3 Å². The van der Waals surface area contributed by atoms with Crippen LogP contribution in [0.15, 0.2) is 30.3 Å². The van der Waals surface area contributed by atoms with Crippen molar-refractivity contribution in [1.82, 2.24) is 5.32 Å². The number of carbonyl (C=O) groups excluding carboxylic acids is 1. The highest BCUT2D eigenvalue weighted by atomic mass is 16.5. The molecule has 0 fully saturated rings. The number of aliphatic carboxylic acids is 1. The van der Waals surface area contributed by atoms with Crippen molar-refractivity contribution in [2.75, 3.05) is 13.7 Å². The molecule has 0 aromatic heterocycles. The molecule has 1 aromatic carbocycles. The number of ether oxygens (including phenoxy) is 1. The van der Waals surface area contributed by atoms with Crippen LogP contribution in [-0.2, 0) is 9.53 Å². The zero-order chi connectivity index (χ0) is 12.0. The third-order valence-electron chi connectivity index (χ3n) is 2.14. The van der Waals surface area contributed by atoms with E-state index in [1.165, 1.54) is 7.11 Å². The van der Waals surface area contributed by atoms with Crippen molar-refractivity contribution in [3.8, 4) is 0 Å². The highest BCUT2D eigenvalue weighted by molar-refractivity contribution is 5.77. The van der Waals surface area contributed by atoms with Gasteiger partial charge < -0.3 is 15.2 Å². The van der Waals surface area contributed by atoms with Gasteiger partial charge >= 0.3 is 12.1 Å². The fourth-order valence-corrected chi connectivity index (χ4v) is 1.29. The molecule has 0 bridgehead atoms. The molecule has 2 N–H and O–H groups in total. The molecule has 16 heavy (non-hydrogen) atoms. The molecule has 1 rings (SSSR count). The molecule has 0 spiro atoms. The predicted molar refractivity (Wildman–Crippen MR) is 57.2 cm³/mol. The van der Waals surface area contributed by atoms with Gasteiger partial charge in [-0.05, 0) is 5.56 Å². The summed E-state index contributed by atoms with van der Waals surface area (Å²) in [5.41, 5.74) is 0.645. The highest BCUT2D eigenvalue weighted by Gasteiger charge is 2.20. The van der Waals surface area contributed by atoms with Gasteiger partial charge in [0.15, 0.2) is 0 Å². The average molecular weight is 223 g/mol. The first-order valence-electron chi connectivity index (χ1n) is 4.74. The lowest BCUT2D eigenvalue weighted by Gasteiger charge is -2.12. The molecule has 1 amide bonds. The maximum Gasteiger partial charge on any atom is 0.406 e. The van der Waals surface area contributed by atoms with Gasteiger partial charge in [0, 0.05) is 6.54 Å². The smallest absolute Gasteiger partial charge is 0.406 e. The van der Waals surface area contributed by atoms with Crippen molar-refractivity contribution < 1.29 is 19.4 Å². The quantitative estimate of drug-likeness (QED) is 0.804. The molecule has 0 radical (unpaired) electrons. The fourth-order valence-electron chi connectivity index (χ4n) is 1.29. The first-order chi connectivity index (χ1) is 7.65. The molecule has 0 aliphatic heterocycles. The number of rotatable bonds is 4. The Morgan fingerprint density at radius 3 is 2.50 bits per heavy atom. The molecule has 0 heterocycles. The zero-order valence-electron chi connectivity index (χ0n) is 8.84. The minimum Gasteiger partial charge on any atom is -0.481 e. The van der Waals surface area contributed by atoms with E-state index in [4.69, 9.17) is 5.11 Å². The number of methoxy groups -OCH3 is 1. The number of benzene rings is 1. The largest absolute Gasteiger partial charge is 0.481 e. The lowest BCUT2D eigenvalue weighted by Crippen LogP contribution is -2.31. The van der Waals surface area contributed by atoms with E-state index >= 15 is 0 Å². The van der Waals surface area contributed by atoms with E-state index in [-0.39, 0.29) is 6.54 Å². The van der Waals surface area contributed by atoms with Crippen LogP contribution in [-0.4, -0.2) is 30.8 Å². The van der Waals surface area contributed by atoms with Gasteiger partial charge in [0.1, 0.15) is 0 Å². The summed E-state index contributed by atoms with van der Waals surface area (Å²) in [6.45, 7) is 0.00597. The van der Waals surface area contributed by atoms with Crippen LogP contribution in [0.3, 0.4) is 0 Å². The summed E-state index contributed by atoms with van der Waals surface area (Å²) >= 11 is 0. The second-order valence-electron chi connectivity index (χ2n) is 3.17. The van der Waals surface area contributed by atoms with Gasteiger partial charge in [-0.2, -0.15) is 0 Å². The monoisotopic (exact) mass is 223 g/mol. The minimum atomic E-state index is -0.984. The van der Waals surface area contributed by atoms with E-state index in [0.717, 1.165) is 0 Å². The first-order valence-corrected chi connectivity index (χ1v) is 4.74. The second-order valence-corrected chi connectivity index (χ2v) is 3.17. The summed E-state index contributed by atoms with van der Waals surface area (Å²) < 4.78 is 4.37. The fraction of sp³-hybridized carbons (Fsp3) is 0.273. The molecular weight excluding hydrogens is 210 g/mol. The summed E-state index contributed by atoms with van der Waals surface area (Å²) in [5, 5.41) is 11.4. The van der Waals surface area contributed by atoms with Crippen molar-refractivity contribution in [2.45, 2.75) is 5.92 Å². The van der Waals surface area contributed by atoms with Crippen LogP contribution in [0.2, 0.25) is 0 Å². The van der Waals surface area contributed by atoms with E-state index in [1.807, 2.05) is 0 Å². The van der Waals surface area contributed by atoms with E-state index in [0.29, 0.717) is 5.56 Å². The lowest BCUT2D eigenvalue weighted by atomic mass is 9.99. The molecule has 1 aromatic rings. The molecule has 5 heteroatoms. The van der Waals surface area contributed by atoms with Gasteiger partial charge in [0.25, 0.3) is 0 Å². The normalized spacial score (nSPS) is 11.6. The maximum atomic E-state index is 11.0. The number of alkyl carbamates (subject to hydrolysis) is 1. The number of carboxylic acids is 1. The molecule has 0 aliphatic rings. The molecular formula is C11H13NO4. The van der Waals surface area contributed by atoms with Crippen LogP contribution < -0.4 is 5.32 Å². The Morgan fingerprint density at radius 1 is 1.38 bits per heavy atom. The Morgan fingerprint density at radius 2 is 2.00 bits per heavy atom. The zero-order valence-corrected chi connectivity index (χ0v) is 8.84. The average Bonchev–Trinajstić information content (AvgIpc) is 2.30. The Labute approximate surface area is 93.0 Å². The summed E-state index contributed by atoms with van der Waals surface area (Å²) in [6, 6.07) is 8.72. The molecule has 0 saturated heterocycles. The molecule has 1 atom stereocenters. The van der Waals surface area contributed by atoms with E-state index in [2.05, 4.69) is 10.1 Å². The van der Waals surface area contributed by atoms with Gasteiger partial charge in [-0.3, -0.25) is 4.79 Å². The Hall–Kier alpha value is -2.04. The van der Waals surface area contributed by atoms with E-state index < -0.39 is 18.0 Å². The molecule has 0 unspecified atom stereocenters. The van der Waals surface area contributed by atoms with Crippen LogP contribution >= 0.6 is 0 Å². The number of nitrogens with one attached hydrogen (secondary N) is 1. The summed E-state index contributed by atoms with van der Waals surface area (Å²) in [4.78, 5) is 21.9. The van der Waals surface area contributed by atoms with Crippen LogP contribution in [0.4, 0.5) is 4.79 Å². The van der Waals surface area contributed by atoms with Crippen LogP contribution in [0.25, 0.3) is 0 Å². The predicted octanol–water partition coefficient (Wildman–Crippen LogP) is 1.21. The summed E-state index contributed by atoms with van der Waals surface area (Å²) in [6.07, 6.45) is -0.637. The Balaban J connectivity index is 2.69. The van der Waals surface area contributed by atoms with Crippen molar-refractivity contribution in [1.29, 1.82) is 0 Å². The molecule has 5 nitrogen and oxygen atoms in total. The Kier molecular flexibility index (Phi) is 4.32. The topological polar surface area (TPSA) is 75.6 Å². The van der Waals surface area contributed by atoms with Crippen LogP contribution in [0, 0.1) is 0 Å². The molecule has 0 aliphatic carbocycles. The SMILES string of the molecule is COC(=O)NC[C@@H](C(=O)O)c1ccccc1.